The molecule has 398 valence electrons. The highest BCUT2D eigenvalue weighted by Crippen LogP contribution is 2.36. The largest absolute Gasteiger partial charge is 0.756 e. The Morgan fingerprint density at radius 3 is 1.12 bits per heavy atom. The Balaban J connectivity index is 1.64. The highest BCUT2D eigenvalue weighted by Gasteiger charge is 2.23. The number of phosphoric acid groups is 1. The number of nitrogens with one attached hydrogen (secondary N) is 2. The van der Waals surface area contributed by atoms with Gasteiger partial charge in [-0.2, -0.15) is 0 Å². The molecular formula is C43H79N3O21P-. The van der Waals surface area contributed by atoms with Gasteiger partial charge in [-0.05, 0) is 12.8 Å². The van der Waals surface area contributed by atoms with E-state index in [-0.39, 0.29) is 37.8 Å². The second-order valence-electron chi connectivity index (χ2n) is 14.2. The SMILES string of the molecule is COP(=O)([O-])OCCCCCCNC(=O)CCOCCOCCOCCOCCOCCOCCOCCOCCOCCOCCOCCOCCOCCNC(=O)CCN1C(=O)C=CC1=O. The smallest absolute Gasteiger partial charge is 0.267 e. The van der Waals surface area contributed by atoms with E-state index in [1.54, 1.807) is 0 Å². The predicted octanol–water partition coefficient (Wildman–Crippen LogP) is -0.168. The molecule has 0 bridgehead atoms. The first-order valence-electron chi connectivity index (χ1n) is 23.3. The van der Waals surface area contributed by atoms with E-state index in [1.165, 1.54) is 12.2 Å². The molecule has 68 heavy (non-hydrogen) atoms. The summed E-state index contributed by atoms with van der Waals surface area (Å²) in [7, 11) is -3.09. The van der Waals surface area contributed by atoms with Gasteiger partial charge in [0.1, 0.15) is 0 Å². The molecular weight excluding hydrogens is 925 g/mol. The van der Waals surface area contributed by atoms with Gasteiger partial charge in [-0.3, -0.25) is 28.6 Å². The Bertz CT molecular complexity index is 1290. The number of carbonyl (C=O) groups is 4. The van der Waals surface area contributed by atoms with E-state index in [9.17, 15) is 28.6 Å². The van der Waals surface area contributed by atoms with E-state index in [2.05, 4.69) is 19.7 Å². The molecule has 0 radical (unpaired) electrons. The molecule has 25 heteroatoms. The average molecular weight is 1010 g/mol. The van der Waals surface area contributed by atoms with Crippen molar-refractivity contribution in [1.29, 1.82) is 0 Å². The number of nitrogens with zero attached hydrogens (tertiary/aromatic N) is 1. The van der Waals surface area contributed by atoms with E-state index in [4.69, 9.17) is 61.6 Å². The zero-order valence-electron chi connectivity index (χ0n) is 40.1. The minimum Gasteiger partial charge on any atom is -0.756 e. The molecule has 1 aliphatic rings. The Morgan fingerprint density at radius 2 is 0.750 bits per heavy atom. The molecule has 0 aromatic carbocycles. The lowest BCUT2D eigenvalue weighted by Gasteiger charge is -2.19. The lowest BCUT2D eigenvalue weighted by atomic mass is 10.2. The van der Waals surface area contributed by atoms with Gasteiger partial charge < -0.3 is 86.2 Å². The molecule has 2 N–H and O–H groups in total. The first-order chi connectivity index (χ1) is 33.2. The van der Waals surface area contributed by atoms with Gasteiger partial charge in [-0.15, -0.1) is 0 Å². The van der Waals surface area contributed by atoms with E-state index in [1.807, 2.05) is 0 Å². The summed E-state index contributed by atoms with van der Waals surface area (Å²) in [5, 5.41) is 5.51. The molecule has 4 amide bonds. The van der Waals surface area contributed by atoms with Crippen LogP contribution in [-0.4, -0.2) is 234 Å². The normalized spacial score (nSPS) is 13.5. The van der Waals surface area contributed by atoms with Crippen LogP contribution in [0.5, 0.6) is 0 Å². The van der Waals surface area contributed by atoms with Crippen molar-refractivity contribution in [3.05, 3.63) is 12.2 Å². The van der Waals surface area contributed by atoms with Gasteiger partial charge in [0.25, 0.3) is 19.6 Å². The number of phosphoric ester groups is 1. The molecule has 0 aromatic rings. The molecule has 1 rings (SSSR count). The minimum atomic E-state index is -4.15. The van der Waals surface area contributed by atoms with E-state index in [0.29, 0.717) is 191 Å². The van der Waals surface area contributed by atoms with Crippen LogP contribution in [0.3, 0.4) is 0 Å². The number of imide groups is 1. The summed E-state index contributed by atoms with van der Waals surface area (Å²) in [6.07, 6.45) is 5.73. The summed E-state index contributed by atoms with van der Waals surface area (Å²) >= 11 is 0. The zero-order valence-corrected chi connectivity index (χ0v) is 41.0. The van der Waals surface area contributed by atoms with Crippen LogP contribution in [-0.2, 0) is 94.4 Å². The maximum absolute atomic E-state index is 11.9. The predicted molar refractivity (Wildman–Crippen MR) is 241 cm³/mol. The van der Waals surface area contributed by atoms with Crippen LogP contribution in [0.2, 0.25) is 0 Å². The van der Waals surface area contributed by atoms with Gasteiger partial charge in [0.05, 0.1) is 178 Å². The van der Waals surface area contributed by atoms with Crippen LogP contribution in [0.4, 0.5) is 0 Å². The molecule has 1 aliphatic heterocycles. The van der Waals surface area contributed by atoms with E-state index in [0.717, 1.165) is 31.3 Å². The van der Waals surface area contributed by atoms with Crippen LogP contribution in [0.25, 0.3) is 0 Å². The summed E-state index contributed by atoms with van der Waals surface area (Å²) in [6.45, 7) is 12.3. The Kier molecular flexibility index (Phi) is 44.8. The molecule has 24 nitrogen and oxygen atoms in total. The van der Waals surface area contributed by atoms with Gasteiger partial charge in [0.15, 0.2) is 0 Å². The molecule has 1 heterocycles. The topological polar surface area (TPSA) is 274 Å². The molecule has 1 unspecified atom stereocenters. The van der Waals surface area contributed by atoms with Crippen LogP contribution < -0.4 is 15.5 Å². The fraction of sp³-hybridized carbons (Fsp3) is 0.860. The van der Waals surface area contributed by atoms with Crippen molar-refractivity contribution in [2.75, 3.05) is 205 Å². The summed E-state index contributed by atoms with van der Waals surface area (Å²) in [6, 6.07) is 0. The summed E-state index contributed by atoms with van der Waals surface area (Å²) in [5.74, 6) is -1.15. The number of hydrogen-bond acceptors (Lipinski definition) is 21. The van der Waals surface area contributed by atoms with Crippen molar-refractivity contribution in [2.24, 2.45) is 0 Å². The third-order valence-electron chi connectivity index (χ3n) is 8.84. The zero-order chi connectivity index (χ0) is 49.3. The maximum Gasteiger partial charge on any atom is 0.267 e. The number of carbonyl (C=O) groups excluding carboxylic acids is 4. The third kappa shape index (κ3) is 43.4. The fourth-order valence-electron chi connectivity index (χ4n) is 5.25. The molecule has 0 spiro atoms. The van der Waals surface area contributed by atoms with E-state index < -0.39 is 19.6 Å². The van der Waals surface area contributed by atoms with Crippen molar-refractivity contribution < 1.29 is 99.3 Å². The maximum atomic E-state index is 11.9. The molecule has 0 aliphatic carbocycles. The van der Waals surface area contributed by atoms with Crippen molar-refractivity contribution >= 4 is 31.5 Å². The van der Waals surface area contributed by atoms with Crippen molar-refractivity contribution in [3.8, 4) is 0 Å². The van der Waals surface area contributed by atoms with Crippen molar-refractivity contribution in [2.45, 2.75) is 38.5 Å². The Morgan fingerprint density at radius 1 is 0.441 bits per heavy atom. The standard InChI is InChI=1S/C43H80N3O21P/c1-53-68(51,52)67-13-5-3-2-4-10-44-41(48)9-14-54-16-18-56-20-22-58-24-26-60-28-30-62-32-34-64-36-38-66-39-37-65-35-33-63-31-29-61-27-25-59-23-21-57-19-17-55-15-11-45-40(47)8-12-46-42(49)6-7-43(46)50/h6-7H,2-5,8-39H2,1H3,(H,44,48)(H,45,47)(H,51,52)/p-1. The third-order valence-corrected chi connectivity index (χ3v) is 9.78. The second kappa shape index (κ2) is 48.1. The summed E-state index contributed by atoms with van der Waals surface area (Å²) < 4.78 is 91.0. The molecule has 0 fully saturated rings. The number of unbranched alkanes of at least 4 members (excludes halogenated alkanes) is 3. The Labute approximate surface area is 401 Å². The average Bonchev–Trinajstić information content (AvgIpc) is 3.65. The van der Waals surface area contributed by atoms with Crippen LogP contribution in [0, 0.1) is 0 Å². The van der Waals surface area contributed by atoms with Gasteiger partial charge in [0, 0.05) is 51.7 Å². The number of rotatable bonds is 54. The van der Waals surface area contributed by atoms with E-state index >= 15 is 0 Å². The number of amides is 4. The Hall–Kier alpha value is -2.59. The van der Waals surface area contributed by atoms with Crippen molar-refractivity contribution in [1.82, 2.24) is 15.5 Å². The van der Waals surface area contributed by atoms with Crippen LogP contribution in [0.1, 0.15) is 38.5 Å². The quantitative estimate of drug-likeness (QED) is 0.0455. The molecule has 0 aromatic heterocycles. The molecule has 1 atom stereocenters. The lowest BCUT2D eigenvalue weighted by Crippen LogP contribution is -2.35. The minimum absolute atomic E-state index is 0.0436. The van der Waals surface area contributed by atoms with Gasteiger partial charge in [-0.25, -0.2) is 0 Å². The molecule has 0 saturated carbocycles. The highest BCUT2D eigenvalue weighted by molar-refractivity contribution is 7.45. The van der Waals surface area contributed by atoms with Gasteiger partial charge >= 0.3 is 0 Å². The van der Waals surface area contributed by atoms with Crippen LogP contribution >= 0.6 is 7.82 Å². The van der Waals surface area contributed by atoms with Crippen LogP contribution in [0.15, 0.2) is 12.2 Å². The summed E-state index contributed by atoms with van der Waals surface area (Å²) in [5.41, 5.74) is 0. The fourth-order valence-corrected chi connectivity index (χ4v) is 5.71. The summed E-state index contributed by atoms with van der Waals surface area (Å²) in [4.78, 5) is 58.7. The first kappa shape index (κ1) is 63.4. The van der Waals surface area contributed by atoms with Gasteiger partial charge in [0.2, 0.25) is 11.8 Å². The first-order valence-corrected chi connectivity index (χ1v) is 24.8. The highest BCUT2D eigenvalue weighted by atomic mass is 31.2. The second-order valence-corrected chi connectivity index (χ2v) is 15.7. The molecule has 0 saturated heterocycles. The lowest BCUT2D eigenvalue weighted by molar-refractivity contribution is -0.223. The number of hydrogen-bond donors (Lipinski definition) is 2. The van der Waals surface area contributed by atoms with Crippen molar-refractivity contribution in [3.63, 3.8) is 0 Å². The van der Waals surface area contributed by atoms with Gasteiger partial charge in [-0.1, -0.05) is 12.8 Å². The number of ether oxygens (including phenoxy) is 13. The monoisotopic (exact) mass is 1000 g/mol.